The summed E-state index contributed by atoms with van der Waals surface area (Å²) < 4.78 is 30.7. The van der Waals surface area contributed by atoms with Crippen LogP contribution in [-0.2, 0) is 10.1 Å². The first-order valence-corrected chi connectivity index (χ1v) is 5.81. The van der Waals surface area contributed by atoms with Crippen molar-refractivity contribution in [1.82, 2.24) is 0 Å². The zero-order valence-electron chi connectivity index (χ0n) is 7.46. The Morgan fingerprint density at radius 2 is 1.88 bits per heavy atom. The van der Waals surface area contributed by atoms with Crippen molar-refractivity contribution in [3.05, 3.63) is 23.8 Å². The van der Waals surface area contributed by atoms with E-state index in [4.69, 9.17) is 33.2 Å². The molecular formula is C7H5Cl2NO5S. The molecule has 0 aromatic heterocycles. The lowest BCUT2D eigenvalue weighted by molar-refractivity contribution is 0.0697. The van der Waals surface area contributed by atoms with Crippen LogP contribution in [0.2, 0.25) is 0 Å². The van der Waals surface area contributed by atoms with Crippen LogP contribution in [0.4, 0.5) is 5.69 Å². The van der Waals surface area contributed by atoms with E-state index >= 15 is 0 Å². The molecule has 0 atom stereocenters. The van der Waals surface area contributed by atoms with Crippen molar-refractivity contribution in [1.29, 1.82) is 0 Å². The minimum absolute atomic E-state index is 0.258. The van der Waals surface area contributed by atoms with E-state index in [-0.39, 0.29) is 11.3 Å². The molecule has 0 bridgehead atoms. The Bertz CT molecular complexity index is 528. The van der Waals surface area contributed by atoms with Gasteiger partial charge in [0.1, 0.15) is 0 Å². The van der Waals surface area contributed by atoms with Crippen molar-refractivity contribution >= 4 is 45.3 Å². The number of anilines is 1. The van der Waals surface area contributed by atoms with Crippen LogP contribution in [0.5, 0.6) is 0 Å². The van der Waals surface area contributed by atoms with Crippen LogP contribution in [0.25, 0.3) is 0 Å². The third kappa shape index (κ3) is 2.76. The predicted octanol–water partition coefficient (Wildman–Crippen LogP) is 1.75. The van der Waals surface area contributed by atoms with Gasteiger partial charge in [-0.2, -0.15) is 12.4 Å². The van der Waals surface area contributed by atoms with Gasteiger partial charge in [0.05, 0.1) is 16.1 Å². The fraction of sp³-hybridized carbons (Fsp3) is 0. The normalized spacial score (nSPS) is 11.2. The zero-order valence-corrected chi connectivity index (χ0v) is 9.79. The Balaban J connectivity index is 3.46. The van der Waals surface area contributed by atoms with E-state index in [2.05, 4.69) is 0 Å². The number of hydrogen-bond acceptors (Lipinski definition) is 4. The third-order valence-electron chi connectivity index (χ3n) is 1.68. The number of benzene rings is 1. The highest BCUT2D eigenvalue weighted by atomic mass is 35.5. The Hall–Kier alpha value is -1.02. The zero-order chi connectivity index (χ0) is 12.5. The van der Waals surface area contributed by atoms with Gasteiger partial charge in [0.15, 0.2) is 0 Å². The van der Waals surface area contributed by atoms with E-state index in [9.17, 15) is 13.2 Å². The van der Waals surface area contributed by atoms with E-state index in [1.54, 1.807) is 0 Å². The van der Waals surface area contributed by atoms with Gasteiger partial charge in [0.25, 0.3) is 10.1 Å². The van der Waals surface area contributed by atoms with E-state index in [0.717, 1.165) is 18.2 Å². The van der Waals surface area contributed by atoms with Crippen LogP contribution >= 0.6 is 23.6 Å². The summed E-state index contributed by atoms with van der Waals surface area (Å²) in [6.45, 7) is 0. The SMILES string of the molecule is O=C(O)c1ccc(S(=O)(=O)O)cc1N(Cl)Cl. The van der Waals surface area contributed by atoms with Crippen LogP contribution in [0.15, 0.2) is 23.1 Å². The van der Waals surface area contributed by atoms with Gasteiger partial charge in [-0.1, -0.05) is 0 Å². The largest absolute Gasteiger partial charge is 0.478 e. The van der Waals surface area contributed by atoms with E-state index in [1.165, 1.54) is 0 Å². The first-order chi connectivity index (χ1) is 7.23. The molecule has 0 radical (unpaired) electrons. The molecular weight excluding hydrogens is 281 g/mol. The molecule has 2 N–H and O–H groups in total. The van der Waals surface area contributed by atoms with E-state index in [0.29, 0.717) is 3.94 Å². The molecule has 1 aromatic carbocycles. The average molecular weight is 286 g/mol. The summed E-state index contributed by atoms with van der Waals surface area (Å²) in [7, 11) is -4.44. The van der Waals surface area contributed by atoms with Gasteiger partial charge in [-0.25, -0.2) is 4.79 Å². The fourth-order valence-electron chi connectivity index (χ4n) is 0.993. The van der Waals surface area contributed by atoms with Crippen molar-refractivity contribution in [2.24, 2.45) is 0 Å². The lowest BCUT2D eigenvalue weighted by Gasteiger charge is -2.10. The van der Waals surface area contributed by atoms with Gasteiger partial charge >= 0.3 is 5.97 Å². The average Bonchev–Trinajstić information content (AvgIpc) is 2.15. The molecule has 0 aliphatic rings. The van der Waals surface area contributed by atoms with Crippen molar-refractivity contribution < 1.29 is 22.9 Å². The molecule has 0 unspecified atom stereocenters. The van der Waals surface area contributed by atoms with Crippen LogP contribution < -0.4 is 3.94 Å². The minimum Gasteiger partial charge on any atom is -0.478 e. The Kier molecular flexibility index (Phi) is 3.64. The number of carbonyl (C=O) groups is 1. The summed E-state index contributed by atoms with van der Waals surface area (Å²) in [4.78, 5) is 10.2. The van der Waals surface area contributed by atoms with Crippen molar-refractivity contribution in [3.63, 3.8) is 0 Å². The number of carboxylic acid groups (broad SMARTS) is 1. The molecule has 16 heavy (non-hydrogen) atoms. The topological polar surface area (TPSA) is 94.9 Å². The Morgan fingerprint density at radius 3 is 2.25 bits per heavy atom. The summed E-state index contributed by atoms with van der Waals surface area (Å²) in [5.74, 6) is -1.33. The van der Waals surface area contributed by atoms with Gasteiger partial charge in [-0.05, 0) is 18.2 Å². The molecule has 1 rings (SSSR count). The van der Waals surface area contributed by atoms with Crippen LogP contribution in [0.1, 0.15) is 10.4 Å². The predicted molar refractivity (Wildman–Crippen MR) is 57.4 cm³/mol. The van der Waals surface area contributed by atoms with Crippen molar-refractivity contribution in [2.75, 3.05) is 3.94 Å². The molecule has 0 amide bonds. The highest BCUT2D eigenvalue weighted by Gasteiger charge is 2.18. The second-order valence-corrected chi connectivity index (χ2v) is 4.96. The molecule has 0 heterocycles. The second-order valence-electron chi connectivity index (χ2n) is 2.69. The molecule has 88 valence electrons. The van der Waals surface area contributed by atoms with Crippen molar-refractivity contribution in [3.8, 4) is 0 Å². The van der Waals surface area contributed by atoms with Crippen LogP contribution in [0.3, 0.4) is 0 Å². The van der Waals surface area contributed by atoms with Gasteiger partial charge in [0.2, 0.25) is 0 Å². The molecule has 0 aliphatic carbocycles. The van der Waals surface area contributed by atoms with Crippen LogP contribution in [0, 0.1) is 0 Å². The number of aromatic carboxylic acids is 1. The van der Waals surface area contributed by atoms with Gasteiger partial charge in [-0.15, -0.1) is 0 Å². The molecule has 1 aromatic rings. The lowest BCUT2D eigenvalue weighted by atomic mass is 10.2. The smallest absolute Gasteiger partial charge is 0.337 e. The standard InChI is InChI=1S/C7H5Cl2NO5S/c8-10(9)6-3-4(16(13,14)15)1-2-5(6)7(11)12/h1-3H,(H,11,12)(H,13,14,15). The number of hydrogen-bond donors (Lipinski definition) is 2. The first kappa shape index (κ1) is 13.0. The maximum Gasteiger partial charge on any atom is 0.337 e. The quantitative estimate of drug-likeness (QED) is 0.649. The summed E-state index contributed by atoms with van der Waals surface area (Å²) in [5, 5.41) is 8.75. The highest BCUT2D eigenvalue weighted by molar-refractivity contribution is 7.85. The maximum absolute atomic E-state index is 10.8. The summed E-state index contributed by atoms with van der Waals surface area (Å²) >= 11 is 10.7. The molecule has 0 fully saturated rings. The molecule has 0 saturated heterocycles. The number of nitrogens with zero attached hydrogens (tertiary/aromatic N) is 1. The highest BCUT2D eigenvalue weighted by Crippen LogP contribution is 2.27. The fourth-order valence-corrected chi connectivity index (χ4v) is 1.77. The van der Waals surface area contributed by atoms with Gasteiger partial charge < -0.3 is 5.11 Å². The summed E-state index contributed by atoms with van der Waals surface area (Å²) in [5.41, 5.74) is -0.552. The van der Waals surface area contributed by atoms with E-state index in [1.807, 2.05) is 0 Å². The minimum atomic E-state index is -4.44. The number of carboxylic acids is 1. The molecule has 0 aliphatic heterocycles. The van der Waals surface area contributed by atoms with Gasteiger partial charge in [-0.3, -0.25) is 4.55 Å². The molecule has 6 nitrogen and oxygen atoms in total. The molecule has 0 spiro atoms. The monoisotopic (exact) mass is 285 g/mol. The van der Waals surface area contributed by atoms with Crippen LogP contribution in [-0.4, -0.2) is 24.0 Å². The Labute approximate surface area is 101 Å². The third-order valence-corrected chi connectivity index (χ3v) is 2.89. The molecule has 0 saturated carbocycles. The van der Waals surface area contributed by atoms with Crippen molar-refractivity contribution in [2.45, 2.75) is 4.90 Å². The number of rotatable bonds is 3. The maximum atomic E-state index is 10.8. The number of halogens is 2. The van der Waals surface area contributed by atoms with Gasteiger partial charge in [0, 0.05) is 23.6 Å². The lowest BCUT2D eigenvalue weighted by Crippen LogP contribution is -2.07. The summed E-state index contributed by atoms with van der Waals surface area (Å²) in [6, 6.07) is 2.75. The second kappa shape index (κ2) is 4.46. The summed E-state index contributed by atoms with van der Waals surface area (Å²) in [6.07, 6.45) is 0. The first-order valence-electron chi connectivity index (χ1n) is 3.70. The van der Waals surface area contributed by atoms with E-state index < -0.39 is 21.0 Å². The molecule has 9 heteroatoms. The Morgan fingerprint density at radius 1 is 1.31 bits per heavy atom.